The third-order valence-corrected chi connectivity index (χ3v) is 6.28. The van der Waals surface area contributed by atoms with E-state index in [1.54, 1.807) is 19.1 Å². The fourth-order valence-corrected chi connectivity index (χ4v) is 4.35. The number of carbonyl (C=O) groups is 3. The number of ether oxygens (including phenoxy) is 3. The Bertz CT molecular complexity index is 1060. The van der Waals surface area contributed by atoms with Crippen LogP contribution in [0.15, 0.2) is 42.5 Å². The molecule has 9 nitrogen and oxygen atoms in total. The number of carboxylic acid groups (broad SMARTS) is 1. The van der Waals surface area contributed by atoms with Crippen molar-refractivity contribution in [2.75, 3.05) is 21.3 Å². The molecule has 3 atom stereocenters. The highest BCUT2D eigenvalue weighted by Gasteiger charge is 2.38. The van der Waals surface area contributed by atoms with Crippen LogP contribution in [0.5, 0.6) is 11.5 Å². The van der Waals surface area contributed by atoms with Gasteiger partial charge in [-0.1, -0.05) is 30.3 Å². The monoisotopic (exact) mass is 520 g/mol. The number of esters is 1. The molecule has 1 amide bonds. The number of aliphatic carboxylic acids is 1. The predicted molar refractivity (Wildman–Crippen MR) is 136 cm³/mol. The molecule has 1 aliphatic rings. The van der Waals surface area contributed by atoms with Crippen LogP contribution < -0.4 is 14.8 Å². The average Bonchev–Trinajstić information content (AvgIpc) is 2.88. The summed E-state index contributed by atoms with van der Waals surface area (Å²) in [6, 6.07) is 10.7. The Morgan fingerprint density at radius 2 is 1.67 bits per heavy atom. The quantitative estimate of drug-likeness (QED) is 0.459. The second-order valence-electron chi connectivity index (χ2n) is 8.49. The van der Waals surface area contributed by atoms with Gasteiger partial charge in [0.1, 0.15) is 12.1 Å². The molecular formula is C26H33ClN2O7. The second-order valence-corrected chi connectivity index (χ2v) is 8.49. The molecule has 196 valence electrons. The van der Waals surface area contributed by atoms with Gasteiger partial charge in [-0.2, -0.15) is 0 Å². The molecule has 2 N–H and O–H groups in total. The van der Waals surface area contributed by atoms with Crippen LogP contribution in [0.3, 0.4) is 0 Å². The molecule has 1 heterocycles. The third kappa shape index (κ3) is 6.67. The van der Waals surface area contributed by atoms with E-state index in [0.29, 0.717) is 24.3 Å². The smallest absolute Gasteiger partial charge is 0.326 e. The summed E-state index contributed by atoms with van der Waals surface area (Å²) in [6.07, 6.45) is 1.18. The van der Waals surface area contributed by atoms with Gasteiger partial charge in [-0.25, -0.2) is 4.79 Å². The lowest BCUT2D eigenvalue weighted by Crippen LogP contribution is -2.56. The first-order valence-corrected chi connectivity index (χ1v) is 11.4. The van der Waals surface area contributed by atoms with Crippen molar-refractivity contribution >= 4 is 30.3 Å². The minimum Gasteiger partial charge on any atom is -0.493 e. The van der Waals surface area contributed by atoms with Gasteiger partial charge >= 0.3 is 11.9 Å². The fourth-order valence-electron chi connectivity index (χ4n) is 4.35. The highest BCUT2D eigenvalue weighted by molar-refractivity contribution is 5.88. The maximum Gasteiger partial charge on any atom is 0.326 e. The zero-order valence-corrected chi connectivity index (χ0v) is 21.7. The zero-order valence-electron chi connectivity index (χ0n) is 20.9. The summed E-state index contributed by atoms with van der Waals surface area (Å²) < 4.78 is 15.6. The Kier molecular flexibility index (Phi) is 10.6. The van der Waals surface area contributed by atoms with E-state index in [1.807, 2.05) is 30.3 Å². The zero-order chi connectivity index (χ0) is 25.5. The Morgan fingerprint density at radius 3 is 2.22 bits per heavy atom. The molecule has 0 aromatic heterocycles. The maximum atomic E-state index is 13.4. The van der Waals surface area contributed by atoms with E-state index >= 15 is 0 Å². The van der Waals surface area contributed by atoms with E-state index in [4.69, 9.17) is 14.2 Å². The van der Waals surface area contributed by atoms with E-state index in [1.165, 1.54) is 26.2 Å². The Labute approximate surface area is 217 Å². The van der Waals surface area contributed by atoms with Crippen LogP contribution >= 0.6 is 12.4 Å². The summed E-state index contributed by atoms with van der Waals surface area (Å²) in [5.74, 6) is -0.975. The van der Waals surface area contributed by atoms with Crippen molar-refractivity contribution in [1.29, 1.82) is 0 Å². The van der Waals surface area contributed by atoms with Crippen molar-refractivity contribution in [2.24, 2.45) is 0 Å². The number of carboxylic acids is 1. The molecule has 2 aromatic carbocycles. The van der Waals surface area contributed by atoms with E-state index < -0.39 is 36.0 Å². The summed E-state index contributed by atoms with van der Waals surface area (Å²) in [4.78, 5) is 39.2. The summed E-state index contributed by atoms with van der Waals surface area (Å²) in [7, 11) is 4.33. The molecule has 3 rings (SSSR count). The molecule has 10 heteroatoms. The van der Waals surface area contributed by atoms with Crippen LogP contribution in [0.2, 0.25) is 0 Å². The number of nitrogens with one attached hydrogen (secondary N) is 1. The fraction of sp³-hybridized carbons (Fsp3) is 0.423. The van der Waals surface area contributed by atoms with Gasteiger partial charge in [0.05, 0.1) is 27.4 Å². The molecule has 0 aliphatic carbocycles. The molecule has 0 fully saturated rings. The maximum absolute atomic E-state index is 13.4. The highest BCUT2D eigenvalue weighted by Crippen LogP contribution is 2.35. The summed E-state index contributed by atoms with van der Waals surface area (Å²) in [6.45, 7) is 1.73. The number of amides is 1. The Balaban J connectivity index is 0.00000456. The van der Waals surface area contributed by atoms with Crippen LogP contribution in [0.4, 0.5) is 0 Å². The molecule has 0 bridgehead atoms. The molecule has 0 saturated heterocycles. The van der Waals surface area contributed by atoms with E-state index in [9.17, 15) is 19.5 Å². The topological polar surface area (TPSA) is 114 Å². The minimum absolute atomic E-state index is 0. The van der Waals surface area contributed by atoms with Crippen LogP contribution in [0.1, 0.15) is 30.0 Å². The molecule has 0 spiro atoms. The molecular weight excluding hydrogens is 488 g/mol. The summed E-state index contributed by atoms with van der Waals surface area (Å²) in [5.41, 5.74) is 2.63. The van der Waals surface area contributed by atoms with Crippen molar-refractivity contribution in [2.45, 2.75) is 50.9 Å². The Morgan fingerprint density at radius 1 is 1.06 bits per heavy atom. The lowest BCUT2D eigenvalue weighted by atomic mass is 9.92. The SMILES string of the molecule is COC(=O)[C@H](CCc1ccccc1)N[C@@H](C)C(=O)N1Cc2cc(OC)c(OC)cc2C[C@@H]1C(=O)O.Cl. The normalized spacial score (nSPS) is 16.1. The number of methoxy groups -OCH3 is 3. The molecule has 1 aliphatic heterocycles. The van der Waals surface area contributed by atoms with Crippen LogP contribution in [0, 0.1) is 0 Å². The number of benzene rings is 2. The first-order chi connectivity index (χ1) is 16.8. The number of rotatable bonds is 10. The van der Waals surface area contributed by atoms with Crippen molar-refractivity contribution in [1.82, 2.24) is 10.2 Å². The molecule has 0 radical (unpaired) electrons. The van der Waals surface area contributed by atoms with E-state index in [-0.39, 0.29) is 25.4 Å². The number of aryl methyl sites for hydroxylation is 1. The molecule has 0 unspecified atom stereocenters. The number of halogens is 1. The van der Waals surface area contributed by atoms with Gasteiger partial charge in [0.2, 0.25) is 5.91 Å². The van der Waals surface area contributed by atoms with Crippen molar-refractivity contribution < 1.29 is 33.7 Å². The number of fused-ring (bicyclic) bond motifs is 1. The molecule has 0 saturated carbocycles. The van der Waals surface area contributed by atoms with Gasteiger partial charge < -0.3 is 24.2 Å². The number of hydrogen-bond acceptors (Lipinski definition) is 7. The van der Waals surface area contributed by atoms with Gasteiger partial charge in [0, 0.05) is 13.0 Å². The van der Waals surface area contributed by atoms with Gasteiger partial charge in [0.25, 0.3) is 0 Å². The lowest BCUT2D eigenvalue weighted by Gasteiger charge is -2.37. The third-order valence-electron chi connectivity index (χ3n) is 6.28. The first kappa shape index (κ1) is 28.9. The predicted octanol–water partition coefficient (Wildman–Crippen LogP) is 2.62. The van der Waals surface area contributed by atoms with Crippen LogP contribution in [-0.2, 0) is 38.5 Å². The van der Waals surface area contributed by atoms with Crippen LogP contribution in [0.25, 0.3) is 0 Å². The standard InChI is InChI=1S/C26H32N2O7.ClH/c1-16(27-20(26(32)35-4)11-10-17-8-6-5-7-9-17)24(29)28-15-19-14-23(34-3)22(33-2)13-18(19)12-21(28)25(30)31;/h5-9,13-14,16,20-21,27H,10-12,15H2,1-4H3,(H,30,31);1H/t16-,20-,21+;/m0./s1. The highest BCUT2D eigenvalue weighted by atomic mass is 35.5. The minimum atomic E-state index is -1.10. The average molecular weight is 521 g/mol. The number of hydrogen-bond donors (Lipinski definition) is 2. The lowest BCUT2D eigenvalue weighted by molar-refractivity contribution is -0.153. The van der Waals surface area contributed by atoms with Gasteiger partial charge in [-0.3, -0.25) is 14.9 Å². The van der Waals surface area contributed by atoms with E-state index in [0.717, 1.165) is 16.7 Å². The Hall–Kier alpha value is -3.30. The van der Waals surface area contributed by atoms with Gasteiger partial charge in [-0.05, 0) is 48.6 Å². The summed E-state index contributed by atoms with van der Waals surface area (Å²) >= 11 is 0. The number of nitrogens with zero attached hydrogens (tertiary/aromatic N) is 1. The summed E-state index contributed by atoms with van der Waals surface area (Å²) in [5, 5.41) is 12.9. The largest absolute Gasteiger partial charge is 0.493 e. The van der Waals surface area contributed by atoms with Gasteiger partial charge in [-0.15, -0.1) is 12.4 Å². The van der Waals surface area contributed by atoms with E-state index in [2.05, 4.69) is 5.32 Å². The molecule has 36 heavy (non-hydrogen) atoms. The number of carbonyl (C=O) groups excluding carboxylic acids is 2. The second kappa shape index (κ2) is 13.1. The van der Waals surface area contributed by atoms with Crippen molar-refractivity contribution in [3.8, 4) is 11.5 Å². The van der Waals surface area contributed by atoms with Crippen molar-refractivity contribution in [3.63, 3.8) is 0 Å². The molecule has 2 aromatic rings. The first-order valence-electron chi connectivity index (χ1n) is 11.4. The van der Waals surface area contributed by atoms with Crippen molar-refractivity contribution in [3.05, 3.63) is 59.2 Å². The van der Waals surface area contributed by atoms with Gasteiger partial charge in [0.15, 0.2) is 11.5 Å². The van der Waals surface area contributed by atoms with Crippen LogP contribution in [-0.4, -0.2) is 67.3 Å².